The monoisotopic (exact) mass is 352 g/mol. The van der Waals surface area contributed by atoms with Crippen LogP contribution in [0.1, 0.15) is 12.0 Å². The van der Waals surface area contributed by atoms with Gasteiger partial charge in [0.05, 0.1) is 24.5 Å². The number of fused-ring (bicyclic) bond motifs is 3. The van der Waals surface area contributed by atoms with Gasteiger partial charge in [-0.05, 0) is 29.9 Å². The van der Waals surface area contributed by atoms with Gasteiger partial charge in [-0.15, -0.1) is 0 Å². The van der Waals surface area contributed by atoms with Gasteiger partial charge in [-0.3, -0.25) is 9.59 Å². The van der Waals surface area contributed by atoms with Gasteiger partial charge in [0, 0.05) is 18.0 Å². The summed E-state index contributed by atoms with van der Waals surface area (Å²) in [6.45, 7) is 0.308. The first kappa shape index (κ1) is 16.6. The number of hydrogen-bond donors (Lipinski definition) is 2. The third-order valence-corrected chi connectivity index (χ3v) is 5.49. The van der Waals surface area contributed by atoms with Crippen molar-refractivity contribution < 1.29 is 19.4 Å². The minimum atomic E-state index is -0.891. The molecule has 2 aliphatic rings. The molecule has 0 aliphatic heterocycles. The Morgan fingerprint density at radius 1 is 1.23 bits per heavy atom. The Kier molecular flexibility index (Phi) is 4.11. The number of ether oxygens (including phenoxy) is 1. The van der Waals surface area contributed by atoms with Gasteiger partial charge in [-0.1, -0.05) is 30.4 Å². The van der Waals surface area contributed by atoms with E-state index in [1.807, 2.05) is 36.4 Å². The van der Waals surface area contributed by atoms with E-state index in [1.54, 1.807) is 13.2 Å². The summed E-state index contributed by atoms with van der Waals surface area (Å²) in [5.74, 6) is -1.75. The number of nitrogens with zero attached hydrogens (tertiary/aromatic N) is 1. The smallest absolute Gasteiger partial charge is 0.307 e. The highest BCUT2D eigenvalue weighted by molar-refractivity contribution is 5.88. The Bertz CT molecular complexity index is 908. The van der Waals surface area contributed by atoms with E-state index in [2.05, 4.69) is 10.3 Å². The fraction of sp³-hybridized carbons (Fsp3) is 0.350. The van der Waals surface area contributed by atoms with Gasteiger partial charge in [0.25, 0.3) is 0 Å². The van der Waals surface area contributed by atoms with Gasteiger partial charge in [0.1, 0.15) is 0 Å². The molecular weight excluding hydrogens is 332 g/mol. The third kappa shape index (κ3) is 2.71. The SMILES string of the molecule is COc1cc(CNC(=O)[C@H]2[C@@H](C(=O)O)[C@H]3C=C[C@H]2C3)c2ccccc2n1. The van der Waals surface area contributed by atoms with Crippen LogP contribution in [0.4, 0.5) is 0 Å². The quantitative estimate of drug-likeness (QED) is 0.807. The lowest BCUT2D eigenvalue weighted by Crippen LogP contribution is -2.39. The van der Waals surface area contributed by atoms with Crippen LogP contribution in [-0.2, 0) is 16.1 Å². The number of para-hydroxylation sites is 1. The minimum absolute atomic E-state index is 0.0184. The third-order valence-electron chi connectivity index (χ3n) is 5.49. The molecule has 6 heteroatoms. The molecule has 1 aromatic carbocycles. The number of pyridine rings is 1. The molecule has 2 aliphatic carbocycles. The van der Waals surface area contributed by atoms with Gasteiger partial charge in [-0.25, -0.2) is 4.98 Å². The second kappa shape index (κ2) is 6.44. The minimum Gasteiger partial charge on any atom is -0.481 e. The Hall–Kier alpha value is -2.89. The van der Waals surface area contributed by atoms with Crippen LogP contribution >= 0.6 is 0 Å². The summed E-state index contributed by atoms with van der Waals surface area (Å²) in [7, 11) is 1.55. The number of nitrogens with one attached hydrogen (secondary N) is 1. The van der Waals surface area contributed by atoms with Crippen molar-refractivity contribution >= 4 is 22.8 Å². The van der Waals surface area contributed by atoms with Crippen LogP contribution in [-0.4, -0.2) is 29.1 Å². The number of aliphatic carboxylic acids is 1. The molecule has 4 rings (SSSR count). The highest BCUT2D eigenvalue weighted by Gasteiger charge is 2.51. The lowest BCUT2D eigenvalue weighted by molar-refractivity contribution is -0.147. The van der Waals surface area contributed by atoms with E-state index in [4.69, 9.17) is 4.74 Å². The van der Waals surface area contributed by atoms with E-state index >= 15 is 0 Å². The molecule has 0 spiro atoms. The summed E-state index contributed by atoms with van der Waals surface area (Å²) < 4.78 is 5.25. The first-order valence-electron chi connectivity index (χ1n) is 8.70. The molecule has 6 nitrogen and oxygen atoms in total. The number of carbonyl (C=O) groups excluding carboxylic acids is 1. The molecule has 2 bridgehead atoms. The number of rotatable bonds is 5. The summed E-state index contributed by atoms with van der Waals surface area (Å²) >= 11 is 0. The molecule has 2 aromatic rings. The molecule has 1 heterocycles. The maximum atomic E-state index is 12.8. The van der Waals surface area contributed by atoms with Crippen LogP contribution in [0.15, 0.2) is 42.5 Å². The molecular formula is C20H20N2O4. The van der Waals surface area contributed by atoms with Crippen molar-refractivity contribution in [1.29, 1.82) is 0 Å². The Morgan fingerprint density at radius 2 is 1.96 bits per heavy atom. The van der Waals surface area contributed by atoms with Gasteiger partial charge in [0.15, 0.2) is 0 Å². The zero-order chi connectivity index (χ0) is 18.3. The molecule has 1 amide bonds. The van der Waals surface area contributed by atoms with Crippen molar-refractivity contribution in [2.24, 2.45) is 23.7 Å². The standard InChI is InChI=1S/C20H20N2O4/c1-26-16-9-13(14-4-2-3-5-15(14)22-16)10-21-19(23)17-11-6-7-12(8-11)18(17)20(24)25/h2-7,9,11-12,17-18H,8,10H2,1H3,(H,21,23)(H,24,25)/t11-,12-,17+,18-/m0/s1. The summed E-state index contributed by atoms with van der Waals surface area (Å²) in [6, 6.07) is 9.46. The number of hydrogen-bond acceptors (Lipinski definition) is 4. The zero-order valence-corrected chi connectivity index (χ0v) is 14.4. The number of allylic oxidation sites excluding steroid dienone is 2. The Balaban J connectivity index is 1.56. The Labute approximate surface area is 150 Å². The molecule has 1 saturated carbocycles. The molecule has 134 valence electrons. The van der Waals surface area contributed by atoms with Crippen LogP contribution in [0, 0.1) is 23.7 Å². The largest absolute Gasteiger partial charge is 0.481 e. The maximum Gasteiger partial charge on any atom is 0.307 e. The van der Waals surface area contributed by atoms with Crippen molar-refractivity contribution in [3.05, 3.63) is 48.0 Å². The second-order valence-electron chi connectivity index (χ2n) is 6.90. The van der Waals surface area contributed by atoms with Crippen LogP contribution in [0.5, 0.6) is 5.88 Å². The lowest BCUT2D eigenvalue weighted by Gasteiger charge is -2.24. The summed E-state index contributed by atoms with van der Waals surface area (Å²) in [6.07, 6.45) is 4.68. The normalized spacial score (nSPS) is 26.2. The van der Waals surface area contributed by atoms with Crippen molar-refractivity contribution in [3.63, 3.8) is 0 Å². The molecule has 1 aromatic heterocycles. The van der Waals surface area contributed by atoms with Crippen LogP contribution < -0.4 is 10.1 Å². The van der Waals surface area contributed by atoms with E-state index in [0.717, 1.165) is 22.9 Å². The summed E-state index contributed by atoms with van der Waals surface area (Å²) in [5.41, 5.74) is 1.69. The highest BCUT2D eigenvalue weighted by Crippen LogP contribution is 2.48. The zero-order valence-electron chi connectivity index (χ0n) is 14.4. The van der Waals surface area contributed by atoms with Gasteiger partial charge in [0.2, 0.25) is 11.8 Å². The first-order valence-corrected chi connectivity index (χ1v) is 8.70. The number of benzene rings is 1. The fourth-order valence-corrected chi connectivity index (χ4v) is 4.29. The topological polar surface area (TPSA) is 88.5 Å². The molecule has 0 saturated heterocycles. The van der Waals surface area contributed by atoms with Crippen LogP contribution in [0.25, 0.3) is 10.9 Å². The molecule has 0 unspecified atom stereocenters. The number of aromatic nitrogens is 1. The number of carbonyl (C=O) groups is 2. The molecule has 2 N–H and O–H groups in total. The van der Waals surface area contributed by atoms with E-state index < -0.39 is 17.8 Å². The second-order valence-corrected chi connectivity index (χ2v) is 6.90. The summed E-state index contributed by atoms with van der Waals surface area (Å²) in [5, 5.41) is 13.4. The van der Waals surface area contributed by atoms with Crippen LogP contribution in [0.3, 0.4) is 0 Å². The average Bonchev–Trinajstić information content (AvgIpc) is 3.27. The van der Waals surface area contributed by atoms with Crippen LogP contribution in [0.2, 0.25) is 0 Å². The predicted octanol–water partition coefficient (Wildman–Crippen LogP) is 2.38. The van der Waals surface area contributed by atoms with Gasteiger partial charge in [-0.2, -0.15) is 0 Å². The molecule has 0 radical (unpaired) electrons. The average molecular weight is 352 g/mol. The molecule has 4 atom stereocenters. The van der Waals surface area contributed by atoms with E-state index in [9.17, 15) is 14.7 Å². The summed E-state index contributed by atoms with van der Waals surface area (Å²) in [4.78, 5) is 28.8. The van der Waals surface area contributed by atoms with E-state index in [-0.39, 0.29) is 17.7 Å². The first-order chi connectivity index (χ1) is 12.6. The number of carboxylic acid groups (broad SMARTS) is 1. The van der Waals surface area contributed by atoms with Crippen molar-refractivity contribution in [2.45, 2.75) is 13.0 Å². The van der Waals surface area contributed by atoms with Gasteiger partial charge >= 0.3 is 5.97 Å². The van der Waals surface area contributed by atoms with Crippen molar-refractivity contribution in [2.75, 3.05) is 7.11 Å². The number of amides is 1. The number of carboxylic acids is 1. The maximum absolute atomic E-state index is 12.8. The fourth-order valence-electron chi connectivity index (χ4n) is 4.29. The highest BCUT2D eigenvalue weighted by atomic mass is 16.5. The number of methoxy groups -OCH3 is 1. The van der Waals surface area contributed by atoms with E-state index in [0.29, 0.717) is 12.4 Å². The predicted molar refractivity (Wildman–Crippen MR) is 95.5 cm³/mol. The molecule has 1 fully saturated rings. The van der Waals surface area contributed by atoms with Crippen molar-refractivity contribution in [1.82, 2.24) is 10.3 Å². The van der Waals surface area contributed by atoms with E-state index in [1.165, 1.54) is 0 Å². The van der Waals surface area contributed by atoms with Gasteiger partial charge < -0.3 is 15.2 Å². The van der Waals surface area contributed by atoms with Crippen molar-refractivity contribution in [3.8, 4) is 5.88 Å². The molecule has 26 heavy (non-hydrogen) atoms. The Morgan fingerprint density at radius 3 is 2.69 bits per heavy atom. The lowest BCUT2D eigenvalue weighted by atomic mass is 9.82.